The van der Waals surface area contributed by atoms with E-state index in [2.05, 4.69) is 70.2 Å². The molecular weight excluding hydrogens is 534 g/mol. The molecule has 4 heterocycles. The molecule has 42 heavy (non-hydrogen) atoms. The third-order valence-corrected chi connectivity index (χ3v) is 9.28. The molecule has 0 saturated heterocycles. The molecule has 9 rings (SSSR count). The van der Waals surface area contributed by atoms with Crippen molar-refractivity contribution in [3.63, 3.8) is 0 Å². The Hall–Kier alpha value is -5.64. The minimum absolute atomic E-state index is 0.589. The van der Waals surface area contributed by atoms with Crippen molar-refractivity contribution in [2.75, 3.05) is 0 Å². The third-order valence-electron chi connectivity index (χ3n) is 8.10. The first-order valence-electron chi connectivity index (χ1n) is 13.7. The number of rotatable bonds is 2. The lowest BCUT2D eigenvalue weighted by atomic mass is 9.99. The van der Waals surface area contributed by atoms with Crippen LogP contribution < -0.4 is 0 Å². The predicted molar refractivity (Wildman–Crippen MR) is 172 cm³/mol. The Balaban J connectivity index is 1.51. The lowest BCUT2D eigenvalue weighted by Gasteiger charge is -2.12. The Kier molecular flexibility index (Phi) is 4.77. The summed E-state index contributed by atoms with van der Waals surface area (Å²) in [6.45, 7) is 0. The number of hydrogen-bond donors (Lipinski definition) is 0. The zero-order valence-electron chi connectivity index (χ0n) is 22.1. The second-order valence-corrected chi connectivity index (χ2v) is 11.4. The molecular formula is C36H19N5S. The summed E-state index contributed by atoms with van der Waals surface area (Å²) in [6.07, 6.45) is 3.79. The van der Waals surface area contributed by atoms with Gasteiger partial charge in [0.2, 0.25) is 5.95 Å². The average molecular weight is 554 g/mol. The molecule has 0 radical (unpaired) electrons. The van der Waals surface area contributed by atoms with Gasteiger partial charge in [-0.15, -0.1) is 11.3 Å². The highest BCUT2D eigenvalue weighted by molar-refractivity contribution is 7.27. The maximum Gasteiger partial charge on any atom is 0.235 e. The van der Waals surface area contributed by atoms with Gasteiger partial charge in [-0.3, -0.25) is 9.55 Å². The van der Waals surface area contributed by atoms with Gasteiger partial charge in [0.15, 0.2) is 0 Å². The molecule has 5 aromatic carbocycles. The Bertz CT molecular complexity index is 2600. The van der Waals surface area contributed by atoms with Crippen molar-refractivity contribution < 1.29 is 0 Å². The van der Waals surface area contributed by atoms with Crippen molar-refractivity contribution in [2.24, 2.45) is 0 Å². The van der Waals surface area contributed by atoms with Crippen molar-refractivity contribution in [2.45, 2.75) is 0 Å². The number of nitriles is 1. The second-order valence-electron chi connectivity index (χ2n) is 10.4. The van der Waals surface area contributed by atoms with Crippen molar-refractivity contribution in [1.29, 1.82) is 5.26 Å². The van der Waals surface area contributed by atoms with Crippen LogP contribution in [0.3, 0.4) is 0 Å². The van der Waals surface area contributed by atoms with Gasteiger partial charge in [-0.25, -0.2) is 9.97 Å². The van der Waals surface area contributed by atoms with Crippen LogP contribution in [-0.4, -0.2) is 19.5 Å². The van der Waals surface area contributed by atoms with E-state index in [-0.39, 0.29) is 0 Å². The number of hydrogen-bond acceptors (Lipinski definition) is 5. The number of para-hydroxylation sites is 1. The van der Waals surface area contributed by atoms with E-state index < -0.39 is 0 Å². The fraction of sp³-hybridized carbons (Fsp3) is 0. The first-order valence-corrected chi connectivity index (χ1v) is 14.5. The average Bonchev–Trinajstić information content (AvgIpc) is 3.61. The molecule has 5 nitrogen and oxygen atoms in total. The number of aromatic nitrogens is 4. The molecule has 194 valence electrons. The summed E-state index contributed by atoms with van der Waals surface area (Å²) in [5, 5.41) is 17.7. The highest BCUT2D eigenvalue weighted by Crippen LogP contribution is 2.47. The molecule has 0 aliphatic heterocycles. The summed E-state index contributed by atoms with van der Waals surface area (Å²) in [6, 6.07) is 37.3. The van der Waals surface area contributed by atoms with Crippen molar-refractivity contribution in [1.82, 2.24) is 19.5 Å². The largest absolute Gasteiger partial charge is 0.276 e. The minimum atomic E-state index is 0.589. The lowest BCUT2D eigenvalue weighted by molar-refractivity contribution is 1.02. The van der Waals surface area contributed by atoms with E-state index in [0.29, 0.717) is 11.5 Å². The molecule has 0 saturated carbocycles. The van der Waals surface area contributed by atoms with Gasteiger partial charge in [0.1, 0.15) is 0 Å². The van der Waals surface area contributed by atoms with Gasteiger partial charge in [-0.1, -0.05) is 72.8 Å². The summed E-state index contributed by atoms with van der Waals surface area (Å²) in [7, 11) is 0. The molecule has 0 aliphatic rings. The number of nitrogens with zero attached hydrogens (tertiary/aromatic N) is 5. The minimum Gasteiger partial charge on any atom is -0.276 e. The van der Waals surface area contributed by atoms with Crippen molar-refractivity contribution >= 4 is 75.0 Å². The summed E-state index contributed by atoms with van der Waals surface area (Å²) in [5.41, 5.74) is 5.20. The van der Waals surface area contributed by atoms with E-state index in [1.54, 1.807) is 11.3 Å². The lowest BCUT2D eigenvalue weighted by Crippen LogP contribution is -2.03. The SMILES string of the molecule is N#Cc1cccc(-c2nc(-n3c4ccncc4c4c5ccccc5c5c6ccccc6sc5c43)nc3ccccc23)c1. The second kappa shape index (κ2) is 8.68. The number of pyridine rings is 1. The molecule has 0 amide bonds. The molecule has 4 aromatic heterocycles. The number of fused-ring (bicyclic) bond motifs is 11. The van der Waals surface area contributed by atoms with Crippen LogP contribution in [0.1, 0.15) is 5.56 Å². The summed E-state index contributed by atoms with van der Waals surface area (Å²) >= 11 is 1.81. The van der Waals surface area contributed by atoms with Crippen molar-refractivity contribution in [3.8, 4) is 23.3 Å². The summed E-state index contributed by atoms with van der Waals surface area (Å²) < 4.78 is 4.65. The highest BCUT2D eigenvalue weighted by Gasteiger charge is 2.23. The molecule has 0 spiro atoms. The molecule has 9 aromatic rings. The van der Waals surface area contributed by atoms with Gasteiger partial charge in [0, 0.05) is 49.6 Å². The van der Waals surface area contributed by atoms with Crippen LogP contribution in [0.5, 0.6) is 0 Å². The van der Waals surface area contributed by atoms with Gasteiger partial charge in [0.25, 0.3) is 0 Å². The zero-order valence-corrected chi connectivity index (χ0v) is 22.9. The Morgan fingerprint density at radius 3 is 2.31 bits per heavy atom. The van der Waals surface area contributed by atoms with Crippen LogP contribution in [0, 0.1) is 11.3 Å². The monoisotopic (exact) mass is 553 g/mol. The van der Waals surface area contributed by atoms with E-state index >= 15 is 0 Å². The zero-order chi connectivity index (χ0) is 27.8. The van der Waals surface area contributed by atoms with Crippen LogP contribution in [0.2, 0.25) is 0 Å². The Morgan fingerprint density at radius 2 is 1.45 bits per heavy atom. The van der Waals surface area contributed by atoms with Crippen LogP contribution in [0.15, 0.2) is 116 Å². The third kappa shape index (κ3) is 3.14. The van der Waals surface area contributed by atoms with Crippen LogP contribution in [-0.2, 0) is 0 Å². The normalized spacial score (nSPS) is 11.8. The predicted octanol–water partition coefficient (Wildman–Crippen LogP) is 9.18. The van der Waals surface area contributed by atoms with Crippen LogP contribution >= 0.6 is 11.3 Å². The van der Waals surface area contributed by atoms with E-state index in [1.165, 1.54) is 30.9 Å². The van der Waals surface area contributed by atoms with Crippen LogP contribution in [0.25, 0.3) is 80.9 Å². The van der Waals surface area contributed by atoms with E-state index in [1.807, 2.05) is 60.9 Å². The smallest absolute Gasteiger partial charge is 0.235 e. The van der Waals surface area contributed by atoms with E-state index in [4.69, 9.17) is 9.97 Å². The fourth-order valence-corrected chi connectivity index (χ4v) is 7.61. The quantitative estimate of drug-likeness (QED) is 0.214. The fourth-order valence-electron chi connectivity index (χ4n) is 6.35. The Labute approximate surface area is 243 Å². The van der Waals surface area contributed by atoms with Crippen LogP contribution in [0.4, 0.5) is 0 Å². The van der Waals surface area contributed by atoms with Gasteiger partial charge >= 0.3 is 0 Å². The van der Waals surface area contributed by atoms with Gasteiger partial charge in [0.05, 0.1) is 38.6 Å². The maximum absolute atomic E-state index is 9.62. The number of thiophene rings is 1. The summed E-state index contributed by atoms with van der Waals surface area (Å²) in [5.74, 6) is 0.589. The van der Waals surface area contributed by atoms with E-state index in [9.17, 15) is 5.26 Å². The topological polar surface area (TPSA) is 67.4 Å². The molecule has 0 N–H and O–H groups in total. The maximum atomic E-state index is 9.62. The molecule has 0 bridgehead atoms. The summed E-state index contributed by atoms with van der Waals surface area (Å²) in [4.78, 5) is 15.0. The molecule has 0 atom stereocenters. The molecule has 0 aliphatic carbocycles. The highest BCUT2D eigenvalue weighted by atomic mass is 32.1. The number of benzene rings is 5. The van der Waals surface area contributed by atoms with Gasteiger partial charge < -0.3 is 0 Å². The first-order chi connectivity index (χ1) is 20.8. The standard InChI is InChI=1S/C36H19N5S/c37-19-21-8-7-9-22(18-21)33-25-12-3-5-14-28(25)39-36(40-33)41-29-16-17-38-20-27(29)31-23-10-1-2-11-24(23)32-26-13-4-6-15-30(26)42-35(32)34(31)41/h1-18,20H. The Morgan fingerprint density at radius 1 is 0.690 bits per heavy atom. The van der Waals surface area contributed by atoms with E-state index in [0.717, 1.165) is 44.0 Å². The van der Waals surface area contributed by atoms with Gasteiger partial charge in [-0.05, 0) is 41.1 Å². The molecule has 0 unspecified atom stereocenters. The first kappa shape index (κ1) is 23.1. The molecule has 6 heteroatoms. The molecule has 0 fully saturated rings. The van der Waals surface area contributed by atoms with Gasteiger partial charge in [-0.2, -0.15) is 5.26 Å². The van der Waals surface area contributed by atoms with Crippen molar-refractivity contribution in [3.05, 3.63) is 121 Å².